The Morgan fingerprint density at radius 2 is 1.92 bits per heavy atom. The van der Waals surface area contributed by atoms with Crippen molar-refractivity contribution in [1.82, 2.24) is 10.2 Å². The summed E-state index contributed by atoms with van der Waals surface area (Å²) in [6.45, 7) is 14.1. The van der Waals surface area contributed by atoms with Gasteiger partial charge in [-0.2, -0.15) is 0 Å². The van der Waals surface area contributed by atoms with Crippen LogP contribution in [0.4, 0.5) is 0 Å². The van der Waals surface area contributed by atoms with E-state index in [0.717, 1.165) is 19.5 Å². The van der Waals surface area contributed by atoms with Crippen LogP contribution in [0.3, 0.4) is 0 Å². The fourth-order valence-electron chi connectivity index (χ4n) is 1.93. The van der Waals surface area contributed by atoms with Crippen LogP contribution < -0.4 is 5.32 Å². The lowest BCUT2D eigenvalue weighted by molar-refractivity contribution is 0.119. The van der Waals surface area contributed by atoms with Gasteiger partial charge >= 0.3 is 0 Å². The van der Waals surface area contributed by atoms with Gasteiger partial charge in [0.2, 0.25) is 0 Å². The second kappa shape index (κ2) is 4.77. The molecule has 1 aliphatic heterocycles. The summed E-state index contributed by atoms with van der Waals surface area (Å²) < 4.78 is 0. The quantitative estimate of drug-likeness (QED) is 0.667. The first-order valence-corrected chi connectivity index (χ1v) is 5.22. The molecule has 0 spiro atoms. The molecule has 2 atom stereocenters. The lowest BCUT2D eigenvalue weighted by atomic mass is 10.1. The van der Waals surface area contributed by atoms with E-state index in [0.29, 0.717) is 12.1 Å². The minimum absolute atomic E-state index is 0.670. The Kier molecular flexibility index (Phi) is 3.94. The maximum Gasteiger partial charge on any atom is 0.0195 e. The zero-order chi connectivity index (χ0) is 9.84. The molecule has 0 amide bonds. The van der Waals surface area contributed by atoms with Crippen LogP contribution in [0.15, 0.2) is 12.2 Å². The Hall–Kier alpha value is -0.340. The van der Waals surface area contributed by atoms with E-state index in [2.05, 4.69) is 37.6 Å². The molecule has 2 nitrogen and oxygen atoms in total. The zero-order valence-electron chi connectivity index (χ0n) is 9.14. The summed E-state index contributed by atoms with van der Waals surface area (Å²) in [7, 11) is 0. The Balaban J connectivity index is 2.39. The molecule has 13 heavy (non-hydrogen) atoms. The van der Waals surface area contributed by atoms with Gasteiger partial charge < -0.3 is 5.32 Å². The molecule has 0 radical (unpaired) electrons. The van der Waals surface area contributed by atoms with E-state index >= 15 is 0 Å². The molecule has 1 heterocycles. The van der Waals surface area contributed by atoms with Gasteiger partial charge in [0.15, 0.2) is 0 Å². The van der Waals surface area contributed by atoms with Crippen LogP contribution in [0.2, 0.25) is 0 Å². The normalized spacial score (nSPS) is 30.4. The highest BCUT2D eigenvalue weighted by atomic mass is 15.2. The van der Waals surface area contributed by atoms with Crippen LogP contribution in [0.25, 0.3) is 0 Å². The van der Waals surface area contributed by atoms with E-state index in [1.807, 2.05) is 0 Å². The third-order valence-electron chi connectivity index (χ3n) is 2.81. The molecule has 0 aliphatic carbocycles. The molecule has 2 unspecified atom stereocenters. The molecule has 0 bridgehead atoms. The molecule has 1 aliphatic rings. The van der Waals surface area contributed by atoms with Crippen molar-refractivity contribution in [1.29, 1.82) is 0 Å². The van der Waals surface area contributed by atoms with Crippen molar-refractivity contribution in [3.05, 3.63) is 12.2 Å². The van der Waals surface area contributed by atoms with Crippen molar-refractivity contribution in [2.45, 2.75) is 39.3 Å². The highest BCUT2D eigenvalue weighted by Gasteiger charge is 2.23. The SMILES string of the molecule is C=C(C)CCN1C(C)CNCC1C. The lowest BCUT2D eigenvalue weighted by Crippen LogP contribution is -2.55. The van der Waals surface area contributed by atoms with Gasteiger partial charge in [-0.05, 0) is 27.2 Å². The van der Waals surface area contributed by atoms with E-state index < -0.39 is 0 Å². The molecule has 1 saturated heterocycles. The van der Waals surface area contributed by atoms with Gasteiger partial charge in [0.25, 0.3) is 0 Å². The van der Waals surface area contributed by atoms with Gasteiger partial charge in [0.05, 0.1) is 0 Å². The fourth-order valence-corrected chi connectivity index (χ4v) is 1.93. The number of hydrogen-bond donors (Lipinski definition) is 1. The highest BCUT2D eigenvalue weighted by molar-refractivity contribution is 4.91. The lowest BCUT2D eigenvalue weighted by Gasteiger charge is -2.39. The molecule has 0 saturated carbocycles. The average molecular weight is 182 g/mol. The van der Waals surface area contributed by atoms with Gasteiger partial charge in [0.1, 0.15) is 0 Å². The van der Waals surface area contributed by atoms with Crippen molar-refractivity contribution >= 4 is 0 Å². The third-order valence-corrected chi connectivity index (χ3v) is 2.81. The molecular formula is C11H22N2. The van der Waals surface area contributed by atoms with Gasteiger partial charge in [-0.3, -0.25) is 4.90 Å². The molecular weight excluding hydrogens is 160 g/mol. The standard InChI is InChI=1S/C11H22N2/c1-9(2)5-6-13-10(3)7-12-8-11(13)4/h10-12H,1,5-8H2,2-4H3. The number of nitrogens with zero attached hydrogens (tertiary/aromatic N) is 1. The minimum Gasteiger partial charge on any atom is -0.314 e. The van der Waals surface area contributed by atoms with Crippen LogP contribution in [-0.2, 0) is 0 Å². The predicted octanol–water partition coefficient (Wildman–Crippen LogP) is 1.63. The van der Waals surface area contributed by atoms with E-state index in [9.17, 15) is 0 Å². The maximum absolute atomic E-state index is 3.95. The Labute approximate surface area is 82.0 Å². The minimum atomic E-state index is 0.670. The van der Waals surface area contributed by atoms with Crippen molar-refractivity contribution in [3.63, 3.8) is 0 Å². The summed E-state index contributed by atoms with van der Waals surface area (Å²) in [5, 5.41) is 3.44. The maximum atomic E-state index is 3.95. The molecule has 0 aromatic carbocycles. The molecule has 0 aromatic rings. The molecule has 76 valence electrons. The fraction of sp³-hybridized carbons (Fsp3) is 0.818. The third kappa shape index (κ3) is 3.12. The van der Waals surface area contributed by atoms with Gasteiger partial charge in [-0.1, -0.05) is 5.57 Å². The van der Waals surface area contributed by atoms with Crippen LogP contribution in [0.5, 0.6) is 0 Å². The topological polar surface area (TPSA) is 15.3 Å². The summed E-state index contributed by atoms with van der Waals surface area (Å²) in [6.07, 6.45) is 1.13. The van der Waals surface area contributed by atoms with E-state index in [-0.39, 0.29) is 0 Å². The smallest absolute Gasteiger partial charge is 0.0195 e. The second-order valence-electron chi connectivity index (χ2n) is 4.30. The van der Waals surface area contributed by atoms with E-state index in [1.54, 1.807) is 0 Å². The van der Waals surface area contributed by atoms with Crippen molar-refractivity contribution in [3.8, 4) is 0 Å². The number of piperazine rings is 1. The Morgan fingerprint density at radius 3 is 2.38 bits per heavy atom. The summed E-state index contributed by atoms with van der Waals surface area (Å²) >= 11 is 0. The van der Waals surface area contributed by atoms with Crippen LogP contribution >= 0.6 is 0 Å². The molecule has 2 heteroatoms. The number of hydrogen-bond acceptors (Lipinski definition) is 2. The van der Waals surface area contributed by atoms with Crippen molar-refractivity contribution in [2.75, 3.05) is 19.6 Å². The van der Waals surface area contributed by atoms with Crippen LogP contribution in [0.1, 0.15) is 27.2 Å². The van der Waals surface area contributed by atoms with Gasteiger partial charge in [-0.15, -0.1) is 6.58 Å². The second-order valence-corrected chi connectivity index (χ2v) is 4.30. The van der Waals surface area contributed by atoms with Crippen LogP contribution in [0, 0.1) is 0 Å². The molecule has 0 aromatic heterocycles. The highest BCUT2D eigenvalue weighted by Crippen LogP contribution is 2.11. The molecule has 1 rings (SSSR count). The summed E-state index contributed by atoms with van der Waals surface area (Å²) in [4.78, 5) is 2.57. The van der Waals surface area contributed by atoms with Gasteiger partial charge in [0, 0.05) is 31.7 Å². The predicted molar refractivity (Wildman–Crippen MR) is 57.9 cm³/mol. The first-order chi connectivity index (χ1) is 6.11. The van der Waals surface area contributed by atoms with Crippen molar-refractivity contribution in [2.24, 2.45) is 0 Å². The molecule has 1 N–H and O–H groups in total. The first-order valence-electron chi connectivity index (χ1n) is 5.22. The monoisotopic (exact) mass is 182 g/mol. The van der Waals surface area contributed by atoms with Gasteiger partial charge in [-0.25, -0.2) is 0 Å². The number of rotatable bonds is 3. The van der Waals surface area contributed by atoms with Crippen LogP contribution in [-0.4, -0.2) is 36.6 Å². The Bertz CT molecular complexity index is 167. The summed E-state index contributed by atoms with van der Waals surface area (Å²) in [6, 6.07) is 1.34. The largest absolute Gasteiger partial charge is 0.314 e. The zero-order valence-corrected chi connectivity index (χ0v) is 9.14. The van der Waals surface area contributed by atoms with Crippen molar-refractivity contribution < 1.29 is 0 Å². The first kappa shape index (κ1) is 10.7. The van der Waals surface area contributed by atoms with E-state index in [1.165, 1.54) is 12.1 Å². The Morgan fingerprint density at radius 1 is 1.38 bits per heavy atom. The average Bonchev–Trinajstić information content (AvgIpc) is 2.03. The molecule has 1 fully saturated rings. The summed E-state index contributed by atoms with van der Waals surface area (Å²) in [5.41, 5.74) is 1.29. The summed E-state index contributed by atoms with van der Waals surface area (Å²) in [5.74, 6) is 0. The number of nitrogens with one attached hydrogen (secondary N) is 1. The van der Waals surface area contributed by atoms with E-state index in [4.69, 9.17) is 0 Å².